The summed E-state index contributed by atoms with van der Waals surface area (Å²) in [7, 11) is 1.59. The molecule has 2 aromatic rings. The number of carbonyl (C=O) groups is 1. The molecular weight excluding hydrogens is 284 g/mol. The van der Waals surface area contributed by atoms with E-state index in [1.807, 2.05) is 24.3 Å². The Balaban J connectivity index is 1.94. The van der Waals surface area contributed by atoms with Crippen molar-refractivity contribution < 1.29 is 14.5 Å². The second-order valence-corrected chi connectivity index (χ2v) is 4.69. The average molecular weight is 300 g/mol. The number of hydrogen-bond acceptors (Lipinski definition) is 4. The molecule has 0 bridgehead atoms. The molecule has 0 aromatic heterocycles. The predicted molar refractivity (Wildman–Crippen MR) is 81.6 cm³/mol. The van der Waals surface area contributed by atoms with Crippen LogP contribution in [0.5, 0.6) is 5.75 Å². The number of nitro groups is 1. The van der Waals surface area contributed by atoms with Gasteiger partial charge in [-0.2, -0.15) is 0 Å². The fraction of sp³-hybridized carbons (Fsp3) is 0.188. The van der Waals surface area contributed by atoms with Gasteiger partial charge < -0.3 is 10.1 Å². The molecule has 6 heteroatoms. The smallest absolute Gasteiger partial charge is 0.273 e. The lowest BCUT2D eigenvalue weighted by atomic mass is 10.1. The van der Waals surface area contributed by atoms with Crippen molar-refractivity contribution in [2.75, 3.05) is 7.11 Å². The van der Waals surface area contributed by atoms with Gasteiger partial charge in [0.1, 0.15) is 5.75 Å². The molecule has 0 atom stereocenters. The maximum Gasteiger partial charge on any atom is 0.273 e. The first kappa shape index (κ1) is 15.5. The van der Waals surface area contributed by atoms with Gasteiger partial charge in [0.15, 0.2) is 0 Å². The highest BCUT2D eigenvalue weighted by Crippen LogP contribution is 2.18. The van der Waals surface area contributed by atoms with Gasteiger partial charge in [0, 0.05) is 18.2 Å². The molecule has 1 N–H and O–H groups in total. The average Bonchev–Trinajstić information content (AvgIpc) is 2.53. The van der Waals surface area contributed by atoms with Gasteiger partial charge in [-0.05, 0) is 17.7 Å². The Hall–Kier alpha value is -2.89. The summed E-state index contributed by atoms with van der Waals surface area (Å²) in [4.78, 5) is 22.4. The van der Waals surface area contributed by atoms with Gasteiger partial charge in [-0.1, -0.05) is 30.3 Å². The Morgan fingerprint density at radius 2 is 1.86 bits per heavy atom. The van der Waals surface area contributed by atoms with E-state index in [4.69, 9.17) is 4.74 Å². The first-order chi connectivity index (χ1) is 10.6. The molecule has 0 aliphatic heterocycles. The third-order valence-corrected chi connectivity index (χ3v) is 3.19. The van der Waals surface area contributed by atoms with Crippen molar-refractivity contribution in [1.29, 1.82) is 0 Å². The Labute approximate surface area is 127 Å². The van der Waals surface area contributed by atoms with Crippen LogP contribution in [0.15, 0.2) is 48.5 Å². The highest BCUT2D eigenvalue weighted by molar-refractivity contribution is 5.79. The Bertz CT molecular complexity index is 668. The summed E-state index contributed by atoms with van der Waals surface area (Å²) in [5.41, 5.74) is 1.29. The van der Waals surface area contributed by atoms with Crippen LogP contribution in [-0.2, 0) is 17.8 Å². The van der Waals surface area contributed by atoms with Gasteiger partial charge in [0.05, 0.1) is 18.5 Å². The number of nitrogens with one attached hydrogen (secondary N) is 1. The van der Waals surface area contributed by atoms with Crippen molar-refractivity contribution in [3.05, 3.63) is 69.8 Å². The van der Waals surface area contributed by atoms with E-state index in [-0.39, 0.29) is 18.0 Å². The molecule has 0 aliphatic rings. The Morgan fingerprint density at radius 1 is 1.18 bits per heavy atom. The third-order valence-electron chi connectivity index (χ3n) is 3.19. The minimum absolute atomic E-state index is 0.0205. The van der Waals surface area contributed by atoms with Crippen molar-refractivity contribution in [2.45, 2.75) is 13.0 Å². The molecular formula is C16H16N2O4. The summed E-state index contributed by atoms with van der Waals surface area (Å²) in [6, 6.07) is 13.6. The first-order valence-electron chi connectivity index (χ1n) is 6.72. The first-order valence-corrected chi connectivity index (χ1v) is 6.72. The second kappa shape index (κ2) is 7.21. The number of methoxy groups -OCH3 is 1. The van der Waals surface area contributed by atoms with Crippen molar-refractivity contribution in [3.8, 4) is 5.75 Å². The van der Waals surface area contributed by atoms with Crippen LogP contribution in [0.1, 0.15) is 11.1 Å². The lowest BCUT2D eigenvalue weighted by Gasteiger charge is -2.07. The zero-order valence-electron chi connectivity index (χ0n) is 12.1. The summed E-state index contributed by atoms with van der Waals surface area (Å²) in [6.45, 7) is 0.365. The van der Waals surface area contributed by atoms with Crippen LogP contribution >= 0.6 is 0 Å². The van der Waals surface area contributed by atoms with Crippen molar-refractivity contribution in [2.24, 2.45) is 0 Å². The summed E-state index contributed by atoms with van der Waals surface area (Å²) < 4.78 is 5.06. The quantitative estimate of drug-likeness (QED) is 0.656. The largest absolute Gasteiger partial charge is 0.497 e. The van der Waals surface area contributed by atoms with Crippen molar-refractivity contribution in [1.82, 2.24) is 5.32 Å². The van der Waals surface area contributed by atoms with E-state index in [2.05, 4.69) is 5.32 Å². The molecule has 0 unspecified atom stereocenters. The minimum atomic E-state index is -0.480. The molecule has 2 rings (SSSR count). The third kappa shape index (κ3) is 4.05. The highest BCUT2D eigenvalue weighted by Gasteiger charge is 2.15. The van der Waals surface area contributed by atoms with Crippen LogP contribution < -0.4 is 10.1 Å². The normalized spacial score (nSPS) is 10.0. The molecule has 0 saturated carbocycles. The molecule has 0 saturated heterocycles. The minimum Gasteiger partial charge on any atom is -0.497 e. The second-order valence-electron chi connectivity index (χ2n) is 4.69. The van der Waals surface area contributed by atoms with Crippen LogP contribution in [0, 0.1) is 10.1 Å². The Morgan fingerprint density at radius 3 is 2.50 bits per heavy atom. The van der Waals surface area contributed by atoms with E-state index in [0.29, 0.717) is 12.1 Å². The molecule has 1 amide bonds. The molecule has 0 heterocycles. The Kier molecular flexibility index (Phi) is 5.08. The van der Waals surface area contributed by atoms with Gasteiger partial charge in [-0.25, -0.2) is 0 Å². The fourth-order valence-electron chi connectivity index (χ4n) is 2.02. The molecule has 114 valence electrons. The van der Waals surface area contributed by atoms with Crippen LogP contribution in [0.25, 0.3) is 0 Å². The van der Waals surface area contributed by atoms with E-state index in [1.165, 1.54) is 6.07 Å². The molecule has 0 aliphatic carbocycles. The number of rotatable bonds is 6. The number of amides is 1. The number of para-hydroxylation sites is 1. The number of benzene rings is 2. The molecule has 0 radical (unpaired) electrons. The van der Waals surface area contributed by atoms with Crippen molar-refractivity contribution >= 4 is 11.6 Å². The molecule has 0 spiro atoms. The molecule has 22 heavy (non-hydrogen) atoms. The summed E-state index contributed by atoms with van der Waals surface area (Å²) in [6.07, 6.45) is -0.0205. The summed E-state index contributed by atoms with van der Waals surface area (Å²) in [5.74, 6) is 0.486. The van der Waals surface area contributed by atoms with E-state index < -0.39 is 4.92 Å². The standard InChI is InChI=1S/C16H16N2O4/c1-22-14-8-6-12(7-9-14)11-17-16(19)10-13-4-2-3-5-15(13)18(20)21/h2-9H,10-11H2,1H3,(H,17,19). The van der Waals surface area contributed by atoms with Crippen LogP contribution in [0.2, 0.25) is 0 Å². The van der Waals surface area contributed by atoms with E-state index >= 15 is 0 Å². The molecule has 2 aromatic carbocycles. The SMILES string of the molecule is COc1ccc(CNC(=O)Cc2ccccc2[N+](=O)[O-])cc1. The maximum absolute atomic E-state index is 11.9. The lowest BCUT2D eigenvalue weighted by molar-refractivity contribution is -0.385. The lowest BCUT2D eigenvalue weighted by Crippen LogP contribution is -2.24. The van der Waals surface area contributed by atoms with Gasteiger partial charge in [0.25, 0.3) is 5.69 Å². The van der Waals surface area contributed by atoms with Crippen LogP contribution in [0.3, 0.4) is 0 Å². The molecule has 0 fully saturated rings. The van der Waals surface area contributed by atoms with Gasteiger partial charge in [-0.15, -0.1) is 0 Å². The zero-order chi connectivity index (χ0) is 15.9. The van der Waals surface area contributed by atoms with Crippen LogP contribution in [0.4, 0.5) is 5.69 Å². The number of nitro benzene ring substituents is 1. The van der Waals surface area contributed by atoms with Crippen LogP contribution in [-0.4, -0.2) is 17.9 Å². The van der Waals surface area contributed by atoms with E-state index in [0.717, 1.165) is 11.3 Å². The van der Waals surface area contributed by atoms with E-state index in [9.17, 15) is 14.9 Å². The highest BCUT2D eigenvalue weighted by atomic mass is 16.6. The number of nitrogens with zero attached hydrogens (tertiary/aromatic N) is 1. The van der Waals surface area contributed by atoms with Gasteiger partial charge in [0.2, 0.25) is 5.91 Å². The van der Waals surface area contributed by atoms with Crippen molar-refractivity contribution in [3.63, 3.8) is 0 Å². The number of ether oxygens (including phenoxy) is 1. The zero-order valence-corrected chi connectivity index (χ0v) is 12.1. The molecule has 6 nitrogen and oxygen atoms in total. The summed E-state index contributed by atoms with van der Waals surface area (Å²) in [5, 5.41) is 13.7. The van der Waals surface area contributed by atoms with Gasteiger partial charge in [-0.3, -0.25) is 14.9 Å². The van der Waals surface area contributed by atoms with E-state index in [1.54, 1.807) is 25.3 Å². The maximum atomic E-state index is 11.9. The van der Waals surface area contributed by atoms with Gasteiger partial charge >= 0.3 is 0 Å². The number of carbonyl (C=O) groups excluding carboxylic acids is 1. The monoisotopic (exact) mass is 300 g/mol. The predicted octanol–water partition coefficient (Wildman–Crippen LogP) is 2.46. The fourth-order valence-corrected chi connectivity index (χ4v) is 2.02. The summed E-state index contributed by atoms with van der Waals surface area (Å²) >= 11 is 0. The topological polar surface area (TPSA) is 81.5 Å². The number of hydrogen-bond donors (Lipinski definition) is 1.